The molecular weight excluding hydrogens is 718 g/mol. The Bertz CT molecular complexity index is 1900. The third-order valence-electron chi connectivity index (χ3n) is 9.30. The van der Waals surface area contributed by atoms with Crippen LogP contribution in [0.5, 0.6) is 11.5 Å². The first-order valence-corrected chi connectivity index (χ1v) is 18.8. The molecule has 1 fully saturated rings. The maximum absolute atomic E-state index is 11.2. The Morgan fingerprint density at radius 3 is 1.96 bits per heavy atom. The van der Waals surface area contributed by atoms with Crippen LogP contribution in [0.1, 0.15) is 52.0 Å². The minimum Gasteiger partial charge on any atom is -0.507 e. The summed E-state index contributed by atoms with van der Waals surface area (Å²) in [4.78, 5) is 11.2. The van der Waals surface area contributed by atoms with Crippen LogP contribution < -0.4 is 4.74 Å². The summed E-state index contributed by atoms with van der Waals surface area (Å²) in [5.74, 6) is -1.10. The van der Waals surface area contributed by atoms with Gasteiger partial charge in [0, 0.05) is 13.7 Å². The van der Waals surface area contributed by atoms with E-state index in [1.54, 1.807) is 17.9 Å². The Labute approximate surface area is 326 Å². The smallest absolute Gasteiger partial charge is 0.339 e. The van der Waals surface area contributed by atoms with Gasteiger partial charge in [-0.25, -0.2) is 4.79 Å². The lowest BCUT2D eigenvalue weighted by Crippen LogP contribution is -2.61. The van der Waals surface area contributed by atoms with Gasteiger partial charge in [-0.2, -0.15) is 0 Å². The number of aromatic carboxylic acids is 1. The largest absolute Gasteiger partial charge is 0.507 e. The second-order valence-electron chi connectivity index (χ2n) is 13.4. The molecule has 5 atom stereocenters. The molecule has 56 heavy (non-hydrogen) atoms. The van der Waals surface area contributed by atoms with E-state index in [9.17, 15) is 15.0 Å². The summed E-state index contributed by atoms with van der Waals surface area (Å²) in [6.07, 6.45) is 1.28. The number of hydrogen-bond donors (Lipinski definition) is 2. The second kappa shape index (κ2) is 21.2. The molecule has 13 nitrogen and oxygen atoms in total. The fourth-order valence-corrected chi connectivity index (χ4v) is 6.38. The lowest BCUT2D eigenvalue weighted by Gasteiger charge is -2.45. The van der Waals surface area contributed by atoms with Crippen molar-refractivity contribution in [2.75, 3.05) is 20.3 Å². The van der Waals surface area contributed by atoms with Crippen LogP contribution in [0, 0.1) is 0 Å². The molecule has 0 radical (unpaired) electrons. The van der Waals surface area contributed by atoms with Crippen LogP contribution >= 0.6 is 0 Å². The number of carboxylic acid groups (broad SMARTS) is 1. The van der Waals surface area contributed by atoms with E-state index in [4.69, 9.17) is 33.2 Å². The van der Waals surface area contributed by atoms with E-state index in [-0.39, 0.29) is 24.5 Å². The van der Waals surface area contributed by atoms with Crippen molar-refractivity contribution < 1.29 is 48.2 Å². The van der Waals surface area contributed by atoms with Gasteiger partial charge in [-0.05, 0) is 54.2 Å². The van der Waals surface area contributed by atoms with E-state index >= 15 is 0 Å². The zero-order valence-corrected chi connectivity index (χ0v) is 31.4. The van der Waals surface area contributed by atoms with Crippen molar-refractivity contribution in [3.63, 3.8) is 0 Å². The Hall–Kier alpha value is -5.15. The predicted octanol–water partition coefficient (Wildman–Crippen LogP) is 6.58. The predicted molar refractivity (Wildman–Crippen MR) is 205 cm³/mol. The van der Waals surface area contributed by atoms with Gasteiger partial charge in [-0.3, -0.25) is 4.68 Å². The molecule has 1 aliphatic heterocycles. The highest BCUT2D eigenvalue weighted by atomic mass is 16.7. The Morgan fingerprint density at radius 1 is 0.750 bits per heavy atom. The molecule has 1 saturated heterocycles. The second-order valence-corrected chi connectivity index (χ2v) is 13.4. The fraction of sp³-hybridized carbons (Fsp3) is 0.372. The van der Waals surface area contributed by atoms with Gasteiger partial charge in [-0.15, -0.1) is 5.10 Å². The molecule has 2 heterocycles. The summed E-state index contributed by atoms with van der Waals surface area (Å²) in [7, 11) is 1.60. The minimum atomic E-state index is -1.21. The molecule has 0 aliphatic carbocycles. The molecule has 0 unspecified atom stereocenters. The molecule has 6 rings (SSSR count). The molecule has 0 bridgehead atoms. The van der Waals surface area contributed by atoms with E-state index in [1.165, 1.54) is 12.1 Å². The first kappa shape index (κ1) is 40.5. The average molecular weight is 768 g/mol. The zero-order chi connectivity index (χ0) is 39.0. The number of aryl methyl sites for hydroxylation is 1. The van der Waals surface area contributed by atoms with Crippen molar-refractivity contribution in [3.05, 3.63) is 143 Å². The average Bonchev–Trinajstić information content (AvgIpc) is 3.69. The molecule has 0 saturated carbocycles. The van der Waals surface area contributed by atoms with E-state index < -0.39 is 36.7 Å². The van der Waals surface area contributed by atoms with Crippen molar-refractivity contribution in [2.45, 2.75) is 82.9 Å². The maximum atomic E-state index is 11.2. The molecule has 1 aliphatic rings. The zero-order valence-electron chi connectivity index (χ0n) is 31.4. The van der Waals surface area contributed by atoms with Gasteiger partial charge in [0.15, 0.2) is 6.29 Å². The number of ether oxygens (including phenoxy) is 7. The van der Waals surface area contributed by atoms with Gasteiger partial charge in [0.1, 0.15) is 47.2 Å². The molecule has 0 spiro atoms. The first-order chi connectivity index (χ1) is 27.5. The van der Waals surface area contributed by atoms with Crippen molar-refractivity contribution >= 4 is 5.97 Å². The monoisotopic (exact) mass is 767 g/mol. The molecule has 0 amide bonds. The quantitative estimate of drug-likeness (QED) is 0.0733. The number of aromatic nitrogens is 3. The minimum absolute atomic E-state index is 0.178. The van der Waals surface area contributed by atoms with Crippen LogP contribution in [-0.4, -0.2) is 82.2 Å². The molecule has 5 aromatic rings. The Balaban J connectivity index is 1.05. The summed E-state index contributed by atoms with van der Waals surface area (Å²) in [5, 5.41) is 27.4. The van der Waals surface area contributed by atoms with Crippen LogP contribution in [0.4, 0.5) is 0 Å². The van der Waals surface area contributed by atoms with Crippen LogP contribution in [0.15, 0.2) is 115 Å². The molecule has 13 heteroatoms. The summed E-state index contributed by atoms with van der Waals surface area (Å²) in [6, 6.07) is 34.1. The van der Waals surface area contributed by atoms with Gasteiger partial charge in [0.05, 0.1) is 45.8 Å². The number of carboxylic acids is 1. The SMILES string of the molecule is CO[C@H]1O[C@H](COCc2cn(CCCCCOc3ccc(O)c(C(=O)O)c3)nn2)[C@@H](OCc2ccccc2)[C@H](OCc2ccccc2)[C@H]1OCc1ccccc1. The topological polar surface area (TPSA) is 153 Å². The Kier molecular flexibility index (Phi) is 15.4. The third kappa shape index (κ3) is 11.9. The van der Waals surface area contributed by atoms with Crippen LogP contribution in [0.25, 0.3) is 0 Å². The van der Waals surface area contributed by atoms with E-state index in [1.807, 2.05) is 97.2 Å². The van der Waals surface area contributed by atoms with E-state index in [2.05, 4.69) is 10.3 Å². The molecule has 296 valence electrons. The van der Waals surface area contributed by atoms with Crippen LogP contribution in [0.3, 0.4) is 0 Å². The van der Waals surface area contributed by atoms with Crippen molar-refractivity contribution in [1.29, 1.82) is 0 Å². The number of hydrogen-bond acceptors (Lipinski definition) is 11. The highest BCUT2D eigenvalue weighted by Crippen LogP contribution is 2.31. The summed E-state index contributed by atoms with van der Waals surface area (Å²) in [5.41, 5.74) is 3.54. The number of phenols is 1. The number of nitrogens with zero attached hydrogens (tertiary/aromatic N) is 3. The van der Waals surface area contributed by atoms with Crippen LogP contribution in [0.2, 0.25) is 0 Å². The van der Waals surface area contributed by atoms with Crippen LogP contribution in [-0.2, 0) is 61.4 Å². The number of rotatable bonds is 22. The number of methoxy groups -OCH3 is 1. The number of unbranched alkanes of at least 4 members (excludes halogenated alkanes) is 2. The standard InChI is InChI=1S/C43H49N3O10/c1-50-43-41(55-28-33-18-10-4-11-19-33)40(54-27-32-16-8-3-9-17-32)39(53-26-31-14-6-2-7-15-31)38(56-43)30-51-29-34-25-46(45-44-34)22-12-5-13-23-52-35-20-21-37(47)36(24-35)42(48)49/h2-4,6-11,14-21,24-25,38-41,43,47H,5,12-13,22-23,26-30H2,1H3,(H,48,49)/t38-,39-,40+,41-,43+/m1/s1. The van der Waals surface area contributed by atoms with Crippen molar-refractivity contribution in [3.8, 4) is 11.5 Å². The normalized spacial score (nSPS) is 19.5. The summed E-state index contributed by atoms with van der Waals surface area (Å²) in [6.45, 7) is 2.49. The number of benzene rings is 4. The van der Waals surface area contributed by atoms with Gasteiger partial charge < -0.3 is 43.4 Å². The van der Waals surface area contributed by atoms with Crippen molar-refractivity contribution in [1.82, 2.24) is 15.0 Å². The lowest BCUT2D eigenvalue weighted by molar-refractivity contribution is -0.323. The number of aromatic hydroxyl groups is 1. The number of carbonyl (C=O) groups is 1. The maximum Gasteiger partial charge on any atom is 0.339 e. The van der Waals surface area contributed by atoms with Gasteiger partial charge in [-0.1, -0.05) is 96.2 Å². The molecule has 1 aromatic heterocycles. The lowest BCUT2D eigenvalue weighted by atomic mass is 9.97. The Morgan fingerprint density at radius 2 is 1.36 bits per heavy atom. The highest BCUT2D eigenvalue weighted by molar-refractivity contribution is 5.91. The summed E-state index contributed by atoms with van der Waals surface area (Å²) < 4.78 is 45.9. The first-order valence-electron chi connectivity index (χ1n) is 18.8. The summed E-state index contributed by atoms with van der Waals surface area (Å²) >= 11 is 0. The van der Waals surface area contributed by atoms with E-state index in [0.717, 1.165) is 36.0 Å². The van der Waals surface area contributed by atoms with Gasteiger partial charge in [0.2, 0.25) is 0 Å². The fourth-order valence-electron chi connectivity index (χ4n) is 6.38. The third-order valence-corrected chi connectivity index (χ3v) is 9.30. The van der Waals surface area contributed by atoms with Gasteiger partial charge >= 0.3 is 5.97 Å². The molecule has 4 aromatic carbocycles. The highest BCUT2D eigenvalue weighted by Gasteiger charge is 2.48. The van der Waals surface area contributed by atoms with E-state index in [0.29, 0.717) is 44.4 Å². The molecule has 2 N–H and O–H groups in total. The van der Waals surface area contributed by atoms with Gasteiger partial charge in [0.25, 0.3) is 0 Å². The van der Waals surface area contributed by atoms with Crippen molar-refractivity contribution in [2.24, 2.45) is 0 Å². The molecular formula is C43H49N3O10.